The Morgan fingerprint density at radius 1 is 1.06 bits per heavy atom. The molecule has 5 nitrogen and oxygen atoms in total. The van der Waals surface area contributed by atoms with Crippen molar-refractivity contribution in [1.29, 1.82) is 0 Å². The first-order valence-corrected chi connectivity index (χ1v) is 8.39. The van der Waals surface area contributed by atoms with Crippen molar-refractivity contribution in [3.8, 4) is 0 Å². The molecule has 1 aromatic rings. The Kier molecular flexibility index (Phi) is 6.55. The van der Waals surface area contributed by atoms with Crippen molar-refractivity contribution in [3.63, 3.8) is 0 Å². The van der Waals surface area contributed by atoms with Crippen molar-refractivity contribution < 1.29 is 13.3 Å². The second-order valence-electron chi connectivity index (χ2n) is 3.80. The van der Waals surface area contributed by atoms with Crippen LogP contribution in [0.25, 0.3) is 0 Å². The molecule has 0 aromatic carbocycles. The van der Waals surface area contributed by atoms with Crippen LogP contribution >= 0.6 is 0 Å². The van der Waals surface area contributed by atoms with Gasteiger partial charge in [0.2, 0.25) is 0 Å². The predicted molar refractivity (Wildman–Crippen MR) is 72.8 cm³/mol. The van der Waals surface area contributed by atoms with Gasteiger partial charge >= 0.3 is 8.80 Å². The van der Waals surface area contributed by atoms with E-state index in [1.54, 1.807) is 6.20 Å². The highest BCUT2D eigenvalue weighted by Crippen LogP contribution is 2.10. The highest BCUT2D eigenvalue weighted by Gasteiger charge is 2.47. The normalized spacial score (nSPS) is 12.0. The third kappa shape index (κ3) is 3.41. The summed E-state index contributed by atoms with van der Waals surface area (Å²) in [5.74, 6) is 0. The van der Waals surface area contributed by atoms with Crippen molar-refractivity contribution >= 4 is 14.3 Å². The van der Waals surface area contributed by atoms with Crippen LogP contribution in [0, 0.1) is 0 Å². The van der Waals surface area contributed by atoms with Crippen molar-refractivity contribution in [2.45, 2.75) is 40.7 Å². The number of imidazole rings is 1. The molecule has 0 spiro atoms. The fraction of sp³-hybridized carbons (Fsp3) is 0.750. The van der Waals surface area contributed by atoms with Crippen molar-refractivity contribution in [1.82, 2.24) is 9.55 Å². The van der Waals surface area contributed by atoms with Crippen LogP contribution < -0.4 is 5.45 Å². The molecule has 0 amide bonds. The van der Waals surface area contributed by atoms with E-state index >= 15 is 0 Å². The van der Waals surface area contributed by atoms with Crippen LogP contribution in [0.1, 0.15) is 34.1 Å². The predicted octanol–water partition coefficient (Wildman–Crippen LogP) is 1.55. The van der Waals surface area contributed by atoms with Gasteiger partial charge in [0, 0.05) is 38.8 Å². The summed E-state index contributed by atoms with van der Waals surface area (Å²) in [5.41, 5.74) is 0.815. The van der Waals surface area contributed by atoms with E-state index < -0.39 is 8.80 Å². The zero-order valence-corrected chi connectivity index (χ0v) is 12.8. The van der Waals surface area contributed by atoms with Crippen LogP contribution in [-0.4, -0.2) is 38.2 Å². The number of aryl methyl sites for hydroxylation is 1. The zero-order valence-electron chi connectivity index (χ0n) is 11.8. The van der Waals surface area contributed by atoms with Gasteiger partial charge in [-0.2, -0.15) is 0 Å². The smallest absolute Gasteiger partial charge is 0.369 e. The van der Waals surface area contributed by atoms with Gasteiger partial charge in [0.05, 0.1) is 0 Å². The van der Waals surface area contributed by atoms with E-state index in [0.717, 1.165) is 18.4 Å². The minimum Gasteiger partial charge on any atom is -0.369 e. The van der Waals surface area contributed by atoms with Gasteiger partial charge in [-0.15, -0.1) is 0 Å². The Labute approximate surface area is 110 Å². The van der Waals surface area contributed by atoms with Crippen LogP contribution in [0.4, 0.5) is 0 Å². The van der Waals surface area contributed by atoms with Crippen LogP contribution in [0.15, 0.2) is 12.4 Å². The standard InChI is InChI=1S/C12H24N2O3Si/c1-5-10-14-11-9-13-12(14)18(15-6-2,16-7-3)17-8-4/h9,11H,5-8,10H2,1-4H3. The van der Waals surface area contributed by atoms with Gasteiger partial charge in [0.1, 0.15) is 0 Å². The Morgan fingerprint density at radius 2 is 1.61 bits per heavy atom. The summed E-state index contributed by atoms with van der Waals surface area (Å²) in [4.78, 5) is 4.41. The molecule has 18 heavy (non-hydrogen) atoms. The molecule has 1 aromatic heterocycles. The van der Waals surface area contributed by atoms with Crippen molar-refractivity contribution in [2.24, 2.45) is 0 Å². The lowest BCUT2D eigenvalue weighted by Gasteiger charge is -2.28. The minimum absolute atomic E-state index is 0.561. The molecule has 0 unspecified atom stereocenters. The summed E-state index contributed by atoms with van der Waals surface area (Å²) in [6, 6.07) is 0. The molecule has 0 aliphatic rings. The van der Waals surface area contributed by atoms with E-state index in [4.69, 9.17) is 13.3 Å². The minimum atomic E-state index is -2.85. The van der Waals surface area contributed by atoms with Crippen molar-refractivity contribution in [3.05, 3.63) is 12.4 Å². The number of hydrogen-bond acceptors (Lipinski definition) is 4. The first-order valence-electron chi connectivity index (χ1n) is 6.67. The molecular weight excluding hydrogens is 248 g/mol. The second kappa shape index (κ2) is 7.68. The van der Waals surface area contributed by atoms with Gasteiger partial charge in [-0.05, 0) is 27.2 Å². The summed E-state index contributed by atoms with van der Waals surface area (Å²) in [6.07, 6.45) is 4.78. The fourth-order valence-electron chi connectivity index (χ4n) is 1.89. The number of aromatic nitrogens is 2. The van der Waals surface area contributed by atoms with E-state index in [9.17, 15) is 0 Å². The first-order chi connectivity index (χ1) is 8.74. The molecule has 1 rings (SSSR count). The summed E-state index contributed by atoms with van der Waals surface area (Å²) in [6.45, 7) is 10.6. The molecule has 1 heterocycles. The monoisotopic (exact) mass is 272 g/mol. The molecule has 0 atom stereocenters. The number of hydrogen-bond donors (Lipinski definition) is 0. The maximum Gasteiger partial charge on any atom is 0.574 e. The molecule has 0 bridgehead atoms. The topological polar surface area (TPSA) is 45.5 Å². The summed E-state index contributed by atoms with van der Waals surface area (Å²) in [7, 11) is -2.85. The highest BCUT2D eigenvalue weighted by molar-refractivity contribution is 6.74. The van der Waals surface area contributed by atoms with Gasteiger partial charge in [0.15, 0.2) is 5.45 Å². The van der Waals surface area contributed by atoms with Gasteiger partial charge in [0.25, 0.3) is 0 Å². The van der Waals surface area contributed by atoms with Gasteiger partial charge in [-0.3, -0.25) is 0 Å². The molecule has 0 aliphatic heterocycles. The Hall–Kier alpha value is -0.693. The SMILES string of the molecule is CCCn1ccnc1[Si](OCC)(OCC)OCC. The quantitative estimate of drug-likeness (QED) is 0.640. The van der Waals surface area contributed by atoms with E-state index in [2.05, 4.69) is 16.5 Å². The molecule has 0 fully saturated rings. The highest BCUT2D eigenvalue weighted by atomic mass is 28.4. The van der Waals surface area contributed by atoms with Crippen LogP contribution in [0.5, 0.6) is 0 Å². The fourth-order valence-corrected chi connectivity index (χ4v) is 4.44. The lowest BCUT2D eigenvalue weighted by molar-refractivity contribution is 0.0833. The summed E-state index contributed by atoms with van der Waals surface area (Å²) >= 11 is 0. The van der Waals surface area contributed by atoms with Crippen molar-refractivity contribution in [2.75, 3.05) is 19.8 Å². The third-order valence-electron chi connectivity index (χ3n) is 2.46. The molecule has 0 aliphatic carbocycles. The Morgan fingerprint density at radius 3 is 2.06 bits per heavy atom. The lowest BCUT2D eigenvalue weighted by atomic mass is 10.5. The van der Waals surface area contributed by atoms with E-state index in [-0.39, 0.29) is 0 Å². The number of nitrogens with zero attached hydrogens (tertiary/aromatic N) is 2. The largest absolute Gasteiger partial charge is 0.574 e. The zero-order chi connectivity index (χ0) is 13.4. The van der Waals surface area contributed by atoms with Crippen LogP contribution in [0.2, 0.25) is 0 Å². The van der Waals surface area contributed by atoms with Gasteiger partial charge < -0.3 is 17.8 Å². The van der Waals surface area contributed by atoms with E-state index in [0.29, 0.717) is 19.8 Å². The molecule has 0 radical (unpaired) electrons. The maximum atomic E-state index is 5.85. The average Bonchev–Trinajstić information content (AvgIpc) is 2.79. The Balaban J connectivity index is 3.08. The second-order valence-corrected chi connectivity index (χ2v) is 6.23. The maximum absolute atomic E-state index is 5.85. The third-order valence-corrected chi connectivity index (χ3v) is 5.43. The van der Waals surface area contributed by atoms with Crippen LogP contribution in [0.3, 0.4) is 0 Å². The summed E-state index contributed by atoms with van der Waals surface area (Å²) < 4.78 is 19.6. The van der Waals surface area contributed by atoms with Gasteiger partial charge in [-0.25, -0.2) is 4.98 Å². The summed E-state index contributed by atoms with van der Waals surface area (Å²) in [5, 5.41) is 0. The first kappa shape index (κ1) is 15.4. The molecule has 104 valence electrons. The molecule has 0 N–H and O–H groups in total. The van der Waals surface area contributed by atoms with E-state index in [1.165, 1.54) is 0 Å². The van der Waals surface area contributed by atoms with E-state index in [1.807, 2.05) is 27.0 Å². The lowest BCUT2D eigenvalue weighted by Crippen LogP contribution is -2.60. The molecule has 0 saturated carbocycles. The average molecular weight is 272 g/mol. The number of rotatable bonds is 9. The van der Waals surface area contributed by atoms with Gasteiger partial charge in [-0.1, -0.05) is 6.92 Å². The Bertz CT molecular complexity index is 327. The van der Waals surface area contributed by atoms with Crippen LogP contribution in [-0.2, 0) is 19.8 Å². The molecule has 0 saturated heterocycles. The molecular formula is C12H24N2O3Si. The molecule has 6 heteroatoms.